The molecule has 28 heavy (non-hydrogen) atoms. The molecule has 1 saturated heterocycles. The van der Waals surface area contributed by atoms with E-state index in [2.05, 4.69) is 33.2 Å². The molecule has 1 unspecified atom stereocenters. The van der Waals surface area contributed by atoms with Gasteiger partial charge in [0, 0.05) is 28.9 Å². The van der Waals surface area contributed by atoms with Gasteiger partial charge in [-0.25, -0.2) is 4.79 Å². The monoisotopic (exact) mass is 491 g/mol. The van der Waals surface area contributed by atoms with E-state index >= 15 is 0 Å². The Morgan fingerprint density at radius 2 is 1.89 bits per heavy atom. The van der Waals surface area contributed by atoms with Gasteiger partial charge in [0.2, 0.25) is 0 Å². The first-order valence-corrected chi connectivity index (χ1v) is 10.7. The van der Waals surface area contributed by atoms with Gasteiger partial charge in [-0.05, 0) is 79.0 Å². The number of hydrogen-bond donors (Lipinski definition) is 2. The van der Waals surface area contributed by atoms with E-state index in [1.54, 1.807) is 0 Å². The average molecular weight is 491 g/mol. The lowest BCUT2D eigenvalue weighted by atomic mass is 9.97. The van der Waals surface area contributed by atoms with Gasteiger partial charge in [0.15, 0.2) is 0 Å². The average Bonchev–Trinajstić information content (AvgIpc) is 2.70. The van der Waals surface area contributed by atoms with Gasteiger partial charge in [-0.1, -0.05) is 29.8 Å². The van der Waals surface area contributed by atoms with E-state index < -0.39 is 0 Å². The van der Waals surface area contributed by atoms with E-state index in [1.807, 2.05) is 61.2 Å². The third-order valence-corrected chi connectivity index (χ3v) is 6.52. The number of nitrogens with one attached hydrogen (secondary N) is 2. The number of urea groups is 1. The molecule has 1 fully saturated rings. The summed E-state index contributed by atoms with van der Waals surface area (Å²) >= 11 is 2.25. The van der Waals surface area contributed by atoms with Crippen molar-refractivity contribution in [3.05, 3.63) is 62.7 Å². The molecular weight excluding hydrogens is 465 g/mol. The van der Waals surface area contributed by atoms with Crippen molar-refractivity contribution in [3.8, 4) is 0 Å². The predicted octanol–water partition coefficient (Wildman–Crippen LogP) is 4.58. The Bertz CT molecular complexity index is 851. The van der Waals surface area contributed by atoms with Crippen molar-refractivity contribution in [1.82, 2.24) is 10.2 Å². The summed E-state index contributed by atoms with van der Waals surface area (Å²) in [5, 5.41) is 5.80. The summed E-state index contributed by atoms with van der Waals surface area (Å²) in [6.45, 7) is 6.04. The largest absolute Gasteiger partial charge is 0.338 e. The Hall–Kier alpha value is -2.09. The number of amides is 3. The number of piperidine rings is 1. The lowest BCUT2D eigenvalue weighted by Crippen LogP contribution is -2.44. The Morgan fingerprint density at radius 3 is 2.64 bits per heavy atom. The maximum atomic E-state index is 12.9. The Morgan fingerprint density at radius 1 is 1.14 bits per heavy atom. The van der Waals surface area contributed by atoms with E-state index in [0.717, 1.165) is 45.3 Å². The number of hydrogen-bond acceptors (Lipinski definition) is 2. The Kier molecular flexibility index (Phi) is 6.93. The highest BCUT2D eigenvalue weighted by molar-refractivity contribution is 14.1. The molecule has 0 saturated carbocycles. The number of benzene rings is 2. The van der Waals surface area contributed by atoms with Crippen molar-refractivity contribution in [3.63, 3.8) is 0 Å². The van der Waals surface area contributed by atoms with Crippen LogP contribution in [0.1, 0.15) is 34.3 Å². The van der Waals surface area contributed by atoms with Crippen LogP contribution < -0.4 is 10.6 Å². The van der Waals surface area contributed by atoms with Gasteiger partial charge >= 0.3 is 6.03 Å². The van der Waals surface area contributed by atoms with Crippen LogP contribution in [0.2, 0.25) is 0 Å². The summed E-state index contributed by atoms with van der Waals surface area (Å²) < 4.78 is 1.02. The summed E-state index contributed by atoms with van der Waals surface area (Å²) in [6.07, 6.45) is 1.97. The highest BCUT2D eigenvalue weighted by Crippen LogP contribution is 2.22. The normalized spacial score (nSPS) is 16.5. The van der Waals surface area contributed by atoms with Crippen molar-refractivity contribution in [1.29, 1.82) is 0 Å². The van der Waals surface area contributed by atoms with Gasteiger partial charge in [-0.3, -0.25) is 4.79 Å². The van der Waals surface area contributed by atoms with Crippen LogP contribution >= 0.6 is 22.6 Å². The van der Waals surface area contributed by atoms with Gasteiger partial charge in [0.25, 0.3) is 5.91 Å². The number of anilines is 1. The van der Waals surface area contributed by atoms with Crippen LogP contribution in [0.15, 0.2) is 42.5 Å². The quantitative estimate of drug-likeness (QED) is 0.616. The fourth-order valence-electron chi connectivity index (χ4n) is 3.45. The molecule has 0 aromatic heterocycles. The summed E-state index contributed by atoms with van der Waals surface area (Å²) in [6, 6.07) is 13.4. The fraction of sp³-hybridized carbons (Fsp3) is 0.364. The zero-order valence-corrected chi connectivity index (χ0v) is 18.5. The van der Waals surface area contributed by atoms with Crippen LogP contribution in [0.25, 0.3) is 0 Å². The summed E-state index contributed by atoms with van der Waals surface area (Å²) in [7, 11) is 0. The van der Waals surface area contributed by atoms with Crippen molar-refractivity contribution in [2.24, 2.45) is 5.92 Å². The zero-order valence-electron chi connectivity index (χ0n) is 16.3. The zero-order chi connectivity index (χ0) is 20.1. The van der Waals surface area contributed by atoms with Crippen LogP contribution in [-0.4, -0.2) is 36.5 Å². The standard InChI is InChI=1S/C22H26IN3O2/c1-15-8-10-18(11-9-15)25-22(28)24-13-17-6-4-12-26(14-17)21(27)19-7-3-5-16(2)20(19)23/h3,5,7-11,17H,4,6,12-14H2,1-2H3,(H2,24,25,28). The van der Waals surface area contributed by atoms with Crippen LogP contribution in [0.3, 0.4) is 0 Å². The highest BCUT2D eigenvalue weighted by Gasteiger charge is 2.26. The first-order chi connectivity index (χ1) is 13.4. The molecule has 0 spiro atoms. The lowest BCUT2D eigenvalue weighted by Gasteiger charge is -2.33. The van der Waals surface area contributed by atoms with E-state index in [1.165, 1.54) is 0 Å². The molecule has 2 aromatic carbocycles. The van der Waals surface area contributed by atoms with Gasteiger partial charge < -0.3 is 15.5 Å². The SMILES string of the molecule is Cc1ccc(NC(=O)NCC2CCCN(C(=O)c3cccc(C)c3I)C2)cc1. The number of aryl methyl sites for hydroxylation is 2. The van der Waals surface area contributed by atoms with E-state index in [0.29, 0.717) is 13.1 Å². The molecule has 0 bridgehead atoms. The van der Waals surface area contributed by atoms with Crippen molar-refractivity contribution < 1.29 is 9.59 Å². The maximum absolute atomic E-state index is 12.9. The predicted molar refractivity (Wildman–Crippen MR) is 121 cm³/mol. The molecule has 5 nitrogen and oxygen atoms in total. The van der Waals surface area contributed by atoms with Crippen LogP contribution in [0.4, 0.5) is 10.5 Å². The van der Waals surface area contributed by atoms with Crippen molar-refractivity contribution in [2.45, 2.75) is 26.7 Å². The molecule has 2 aromatic rings. The third-order valence-electron chi connectivity index (χ3n) is 5.09. The van der Waals surface area contributed by atoms with Crippen molar-refractivity contribution in [2.75, 3.05) is 25.0 Å². The second-order valence-corrected chi connectivity index (χ2v) is 8.48. The minimum absolute atomic E-state index is 0.0851. The number of carbonyl (C=O) groups is 2. The molecule has 3 rings (SSSR count). The fourth-order valence-corrected chi connectivity index (χ4v) is 4.04. The van der Waals surface area contributed by atoms with E-state index in [4.69, 9.17) is 0 Å². The molecule has 3 amide bonds. The molecule has 6 heteroatoms. The number of nitrogens with zero attached hydrogens (tertiary/aromatic N) is 1. The third kappa shape index (κ3) is 5.25. The molecule has 1 atom stereocenters. The molecular formula is C22H26IN3O2. The minimum Gasteiger partial charge on any atom is -0.338 e. The summed E-state index contributed by atoms with van der Waals surface area (Å²) in [4.78, 5) is 27.0. The van der Waals surface area contributed by atoms with Crippen LogP contribution in [0.5, 0.6) is 0 Å². The second kappa shape index (κ2) is 9.41. The lowest BCUT2D eigenvalue weighted by molar-refractivity contribution is 0.0674. The number of carbonyl (C=O) groups excluding carboxylic acids is 2. The minimum atomic E-state index is -0.208. The molecule has 148 valence electrons. The first kappa shape index (κ1) is 20.6. The van der Waals surface area contributed by atoms with Gasteiger partial charge in [-0.15, -0.1) is 0 Å². The molecule has 1 aliphatic rings. The molecule has 2 N–H and O–H groups in total. The summed E-state index contributed by atoms with van der Waals surface area (Å²) in [5.41, 5.74) is 3.82. The first-order valence-electron chi connectivity index (χ1n) is 9.60. The number of likely N-dealkylation sites (tertiary alicyclic amines) is 1. The van der Waals surface area contributed by atoms with Crippen LogP contribution in [0, 0.1) is 23.3 Å². The summed E-state index contributed by atoms with van der Waals surface area (Å²) in [5.74, 6) is 0.353. The van der Waals surface area contributed by atoms with Gasteiger partial charge in [0.05, 0.1) is 5.56 Å². The topological polar surface area (TPSA) is 61.4 Å². The number of halogens is 1. The number of rotatable bonds is 4. The molecule has 0 aliphatic carbocycles. The second-order valence-electron chi connectivity index (χ2n) is 7.40. The van der Waals surface area contributed by atoms with Crippen LogP contribution in [-0.2, 0) is 0 Å². The highest BCUT2D eigenvalue weighted by atomic mass is 127. The smallest absolute Gasteiger partial charge is 0.319 e. The van der Waals surface area contributed by atoms with Gasteiger partial charge in [0.1, 0.15) is 0 Å². The molecule has 1 aliphatic heterocycles. The van der Waals surface area contributed by atoms with Crippen molar-refractivity contribution >= 4 is 40.2 Å². The maximum Gasteiger partial charge on any atom is 0.319 e. The van der Waals surface area contributed by atoms with E-state index in [-0.39, 0.29) is 17.9 Å². The van der Waals surface area contributed by atoms with E-state index in [9.17, 15) is 9.59 Å². The van der Waals surface area contributed by atoms with Gasteiger partial charge in [-0.2, -0.15) is 0 Å². The molecule has 0 radical (unpaired) electrons. The Balaban J connectivity index is 1.53. The Labute approximate surface area is 180 Å². The molecule has 1 heterocycles.